The van der Waals surface area contributed by atoms with Gasteiger partial charge in [0, 0.05) is 24.4 Å². The highest BCUT2D eigenvalue weighted by Gasteiger charge is 2.34. The Morgan fingerprint density at radius 2 is 1.76 bits per heavy atom. The van der Waals surface area contributed by atoms with Crippen molar-refractivity contribution in [2.75, 3.05) is 0 Å². The molecule has 5 nitrogen and oxygen atoms in total. The number of carboxylic acids is 1. The summed E-state index contributed by atoms with van der Waals surface area (Å²) in [6, 6.07) is 15.0. The first-order chi connectivity index (χ1) is 12.1. The molecule has 0 N–H and O–H groups in total. The number of halogens is 1. The number of amides is 1. The van der Waals surface area contributed by atoms with Gasteiger partial charge in [-0.3, -0.25) is 4.79 Å². The number of carbonyl (C=O) groups is 2. The van der Waals surface area contributed by atoms with E-state index in [-0.39, 0.29) is 6.42 Å². The van der Waals surface area contributed by atoms with Crippen LogP contribution in [-0.4, -0.2) is 22.6 Å². The van der Waals surface area contributed by atoms with Crippen LogP contribution >= 0.6 is 0 Å². The van der Waals surface area contributed by atoms with Crippen LogP contribution in [0, 0.1) is 5.82 Å². The van der Waals surface area contributed by atoms with Crippen molar-refractivity contribution < 1.29 is 19.1 Å². The SMILES string of the molecule is O=C([O-])CCC(=O)N1N=C(c2ccccc2)C[C@@H]1c1ccccc1F. The molecule has 0 bridgehead atoms. The second-order valence-corrected chi connectivity index (χ2v) is 5.76. The maximum Gasteiger partial charge on any atom is 0.243 e. The first-order valence-electron chi connectivity index (χ1n) is 7.95. The monoisotopic (exact) mass is 339 g/mol. The predicted octanol–water partition coefficient (Wildman–Crippen LogP) is 2.03. The highest BCUT2D eigenvalue weighted by molar-refractivity contribution is 6.03. The zero-order valence-electron chi connectivity index (χ0n) is 13.4. The van der Waals surface area contributed by atoms with E-state index in [4.69, 9.17) is 0 Å². The fourth-order valence-electron chi connectivity index (χ4n) is 2.86. The quantitative estimate of drug-likeness (QED) is 0.837. The lowest BCUT2D eigenvalue weighted by Gasteiger charge is -2.22. The molecule has 1 aliphatic rings. The van der Waals surface area contributed by atoms with Crippen molar-refractivity contribution >= 4 is 17.6 Å². The standard InChI is InChI=1S/C19H17FN2O3/c20-15-9-5-4-8-14(15)17-12-16(13-6-2-1-3-7-13)21-22(17)18(23)10-11-19(24)25/h1-9,17H,10-12H2,(H,24,25)/p-1/t17-/m1/s1. The number of nitrogens with zero attached hydrogens (tertiary/aromatic N) is 2. The van der Waals surface area contributed by atoms with E-state index in [0.29, 0.717) is 17.7 Å². The molecular formula is C19H16FN2O3-. The summed E-state index contributed by atoms with van der Waals surface area (Å²) < 4.78 is 14.2. The number of hydrazone groups is 1. The third-order valence-corrected chi connectivity index (χ3v) is 4.08. The molecule has 1 heterocycles. The molecule has 0 unspecified atom stereocenters. The predicted molar refractivity (Wildman–Crippen MR) is 87.8 cm³/mol. The van der Waals surface area contributed by atoms with Crippen LogP contribution in [0.1, 0.15) is 36.4 Å². The van der Waals surface area contributed by atoms with Crippen LogP contribution in [0.25, 0.3) is 0 Å². The van der Waals surface area contributed by atoms with Gasteiger partial charge in [-0.25, -0.2) is 9.40 Å². The van der Waals surface area contributed by atoms with Crippen molar-refractivity contribution in [1.82, 2.24) is 5.01 Å². The Morgan fingerprint density at radius 3 is 2.44 bits per heavy atom. The highest BCUT2D eigenvalue weighted by atomic mass is 19.1. The van der Waals surface area contributed by atoms with Gasteiger partial charge in [-0.05, 0) is 18.1 Å². The molecule has 1 aliphatic heterocycles. The summed E-state index contributed by atoms with van der Waals surface area (Å²) in [5.41, 5.74) is 1.87. The van der Waals surface area contributed by atoms with Crippen molar-refractivity contribution in [3.8, 4) is 0 Å². The largest absolute Gasteiger partial charge is 0.550 e. The van der Waals surface area contributed by atoms with Crippen molar-refractivity contribution in [2.24, 2.45) is 5.10 Å². The van der Waals surface area contributed by atoms with Crippen LogP contribution in [0.2, 0.25) is 0 Å². The summed E-state index contributed by atoms with van der Waals surface area (Å²) in [7, 11) is 0. The maximum absolute atomic E-state index is 14.2. The average molecular weight is 339 g/mol. The summed E-state index contributed by atoms with van der Waals surface area (Å²) in [4.78, 5) is 23.1. The summed E-state index contributed by atoms with van der Waals surface area (Å²) in [6.45, 7) is 0. The van der Waals surface area contributed by atoms with Crippen molar-refractivity contribution in [3.05, 3.63) is 71.5 Å². The van der Waals surface area contributed by atoms with E-state index in [0.717, 1.165) is 5.56 Å². The van der Waals surface area contributed by atoms with Crippen LogP contribution in [0.3, 0.4) is 0 Å². The fraction of sp³-hybridized carbons (Fsp3) is 0.211. The van der Waals surface area contributed by atoms with E-state index in [9.17, 15) is 19.1 Å². The number of benzene rings is 2. The Balaban J connectivity index is 1.92. The normalized spacial score (nSPS) is 16.6. The molecule has 0 spiro atoms. The van der Waals surface area contributed by atoms with E-state index in [1.807, 2.05) is 30.3 Å². The third-order valence-electron chi connectivity index (χ3n) is 4.08. The van der Waals surface area contributed by atoms with Gasteiger partial charge in [0.25, 0.3) is 0 Å². The molecule has 0 radical (unpaired) electrons. The number of carbonyl (C=O) groups excluding carboxylic acids is 2. The zero-order valence-corrected chi connectivity index (χ0v) is 13.4. The van der Waals surface area contributed by atoms with E-state index in [1.165, 1.54) is 11.1 Å². The number of hydrogen-bond donors (Lipinski definition) is 0. The molecule has 0 aliphatic carbocycles. The summed E-state index contributed by atoms with van der Waals surface area (Å²) in [5, 5.41) is 16.2. The molecular weight excluding hydrogens is 323 g/mol. The molecule has 1 amide bonds. The lowest BCUT2D eigenvalue weighted by atomic mass is 9.98. The number of hydrogen-bond acceptors (Lipinski definition) is 4. The van der Waals surface area contributed by atoms with Crippen molar-refractivity contribution in [3.63, 3.8) is 0 Å². The minimum absolute atomic E-state index is 0.237. The van der Waals surface area contributed by atoms with Crippen LogP contribution < -0.4 is 5.11 Å². The number of carboxylic acid groups (broad SMARTS) is 1. The lowest BCUT2D eigenvalue weighted by Crippen LogP contribution is -2.30. The number of rotatable bonds is 5. The van der Waals surface area contributed by atoms with Gasteiger partial charge in [-0.2, -0.15) is 5.10 Å². The molecule has 3 rings (SSSR count). The Labute approximate surface area is 144 Å². The third kappa shape index (κ3) is 3.74. The van der Waals surface area contributed by atoms with Gasteiger partial charge in [0.1, 0.15) is 5.82 Å². The molecule has 2 aromatic rings. The Kier molecular flexibility index (Phi) is 4.88. The van der Waals surface area contributed by atoms with Gasteiger partial charge in [-0.1, -0.05) is 48.5 Å². The number of aliphatic carboxylic acids is 1. The van der Waals surface area contributed by atoms with E-state index >= 15 is 0 Å². The van der Waals surface area contributed by atoms with Crippen LogP contribution in [0.5, 0.6) is 0 Å². The first kappa shape index (κ1) is 16.8. The van der Waals surface area contributed by atoms with Gasteiger partial charge >= 0.3 is 0 Å². The molecule has 1 atom stereocenters. The lowest BCUT2D eigenvalue weighted by molar-refractivity contribution is -0.305. The van der Waals surface area contributed by atoms with Crippen molar-refractivity contribution in [1.29, 1.82) is 0 Å². The van der Waals surface area contributed by atoms with Gasteiger partial charge < -0.3 is 9.90 Å². The van der Waals surface area contributed by atoms with Gasteiger partial charge in [0.2, 0.25) is 5.91 Å². The second kappa shape index (κ2) is 7.25. The Hall–Kier alpha value is -3.02. The summed E-state index contributed by atoms with van der Waals surface area (Å²) in [6.07, 6.45) is -0.267. The molecule has 0 aromatic heterocycles. The summed E-state index contributed by atoms with van der Waals surface area (Å²) >= 11 is 0. The Bertz CT molecular complexity index is 820. The van der Waals surface area contributed by atoms with Gasteiger partial charge in [-0.15, -0.1) is 0 Å². The van der Waals surface area contributed by atoms with Crippen LogP contribution in [0.15, 0.2) is 59.7 Å². The topological polar surface area (TPSA) is 72.8 Å². The Morgan fingerprint density at radius 1 is 1.08 bits per heavy atom. The van der Waals surface area contributed by atoms with Crippen molar-refractivity contribution in [2.45, 2.75) is 25.3 Å². The minimum atomic E-state index is -1.30. The average Bonchev–Trinajstić information content (AvgIpc) is 3.06. The molecule has 0 saturated carbocycles. The first-order valence-corrected chi connectivity index (χ1v) is 7.95. The molecule has 2 aromatic carbocycles. The molecule has 128 valence electrons. The maximum atomic E-state index is 14.2. The van der Waals surface area contributed by atoms with Gasteiger partial charge in [0.05, 0.1) is 11.8 Å². The van der Waals surface area contributed by atoms with Crippen LogP contribution in [-0.2, 0) is 9.59 Å². The highest BCUT2D eigenvalue weighted by Crippen LogP contribution is 2.34. The van der Waals surface area contributed by atoms with E-state index in [1.54, 1.807) is 18.2 Å². The molecule has 25 heavy (non-hydrogen) atoms. The van der Waals surface area contributed by atoms with E-state index in [2.05, 4.69) is 5.10 Å². The van der Waals surface area contributed by atoms with Crippen LogP contribution in [0.4, 0.5) is 4.39 Å². The molecule has 0 saturated heterocycles. The smallest absolute Gasteiger partial charge is 0.243 e. The molecule has 0 fully saturated rings. The molecule has 6 heteroatoms. The van der Waals surface area contributed by atoms with E-state index < -0.39 is 30.2 Å². The fourth-order valence-corrected chi connectivity index (χ4v) is 2.86. The summed E-state index contributed by atoms with van der Waals surface area (Å²) in [5.74, 6) is -2.19. The zero-order chi connectivity index (χ0) is 17.8. The van der Waals surface area contributed by atoms with Gasteiger partial charge in [0.15, 0.2) is 0 Å². The second-order valence-electron chi connectivity index (χ2n) is 5.76. The minimum Gasteiger partial charge on any atom is -0.550 e.